The quantitative estimate of drug-likeness (QED) is 0.311. The van der Waals surface area contributed by atoms with Gasteiger partial charge in [-0.1, -0.05) is 85.6 Å². The van der Waals surface area contributed by atoms with Crippen molar-refractivity contribution in [2.75, 3.05) is 13.2 Å². The minimum Gasteiger partial charge on any atom is -0.483 e. The Morgan fingerprint density at radius 2 is 1.72 bits per heavy atom. The second-order valence-electron chi connectivity index (χ2n) is 9.02. The summed E-state index contributed by atoms with van der Waals surface area (Å²) in [6.45, 7) is 6.59. The van der Waals surface area contributed by atoms with Gasteiger partial charge in [0.05, 0.1) is 0 Å². The topological polar surface area (TPSA) is 58.6 Å². The highest BCUT2D eigenvalue weighted by Crippen LogP contribution is 2.22. The minimum absolute atomic E-state index is 0.178. The van der Waals surface area contributed by atoms with Crippen LogP contribution in [0.15, 0.2) is 72.8 Å². The number of benzene rings is 3. The van der Waals surface area contributed by atoms with Crippen molar-refractivity contribution < 1.29 is 14.3 Å². The van der Waals surface area contributed by atoms with Crippen LogP contribution in [-0.2, 0) is 22.6 Å². The number of hydrogen-bond donors (Lipinski definition) is 1. The van der Waals surface area contributed by atoms with Crippen LogP contribution in [0.1, 0.15) is 42.0 Å². The molecule has 3 rings (SSSR count). The lowest BCUT2D eigenvalue weighted by Gasteiger charge is -2.32. The fraction of sp³-hybridized carbons (Fsp3) is 0.333. The van der Waals surface area contributed by atoms with Gasteiger partial charge in [-0.05, 0) is 54.7 Å². The van der Waals surface area contributed by atoms with E-state index in [1.807, 2.05) is 80.6 Å². The second-order valence-corrected chi connectivity index (χ2v) is 9.43. The number of halogens is 1. The van der Waals surface area contributed by atoms with E-state index in [1.54, 1.807) is 11.0 Å². The Bertz CT molecular complexity index is 1150. The molecule has 2 amide bonds. The molecule has 0 spiro atoms. The lowest BCUT2D eigenvalue weighted by Crippen LogP contribution is -2.51. The monoisotopic (exact) mass is 506 g/mol. The van der Waals surface area contributed by atoms with Gasteiger partial charge >= 0.3 is 0 Å². The SMILES string of the molecule is CCCCNC(=O)[C@@H](Cc1ccccc1)N(Cc1ccccc1Cl)C(=O)COc1cc(C)ccc1C. The molecule has 0 saturated carbocycles. The molecule has 0 aromatic heterocycles. The van der Waals surface area contributed by atoms with Crippen LogP contribution in [0.3, 0.4) is 0 Å². The van der Waals surface area contributed by atoms with Gasteiger partial charge in [-0.2, -0.15) is 0 Å². The Morgan fingerprint density at radius 1 is 1.00 bits per heavy atom. The summed E-state index contributed by atoms with van der Waals surface area (Å²) in [5.74, 6) is 0.204. The molecule has 0 aliphatic rings. The Balaban J connectivity index is 1.91. The van der Waals surface area contributed by atoms with Crippen molar-refractivity contribution in [2.24, 2.45) is 0 Å². The number of unbranched alkanes of at least 4 members (excludes halogenated alkanes) is 1. The number of ether oxygens (including phenoxy) is 1. The van der Waals surface area contributed by atoms with E-state index >= 15 is 0 Å². The molecule has 190 valence electrons. The second kappa shape index (κ2) is 13.7. The van der Waals surface area contributed by atoms with Crippen molar-refractivity contribution in [3.05, 3.63) is 100 Å². The van der Waals surface area contributed by atoms with E-state index in [0.29, 0.717) is 23.7 Å². The molecule has 1 N–H and O–H groups in total. The van der Waals surface area contributed by atoms with Crippen molar-refractivity contribution in [1.29, 1.82) is 0 Å². The van der Waals surface area contributed by atoms with Gasteiger partial charge in [0.2, 0.25) is 5.91 Å². The lowest BCUT2D eigenvalue weighted by molar-refractivity contribution is -0.142. The number of carbonyl (C=O) groups excluding carboxylic acids is 2. The molecule has 0 unspecified atom stereocenters. The predicted octanol–water partition coefficient (Wildman–Crippen LogP) is 5.89. The molecule has 36 heavy (non-hydrogen) atoms. The largest absolute Gasteiger partial charge is 0.483 e. The fourth-order valence-electron chi connectivity index (χ4n) is 3.96. The summed E-state index contributed by atoms with van der Waals surface area (Å²) in [4.78, 5) is 28.7. The molecule has 3 aromatic carbocycles. The summed E-state index contributed by atoms with van der Waals surface area (Å²) in [5.41, 5.74) is 3.75. The minimum atomic E-state index is -0.713. The highest BCUT2D eigenvalue weighted by Gasteiger charge is 2.31. The summed E-state index contributed by atoms with van der Waals surface area (Å²) >= 11 is 6.46. The fourth-order valence-corrected chi connectivity index (χ4v) is 4.15. The normalized spacial score (nSPS) is 11.6. The number of amides is 2. The molecule has 0 aliphatic heterocycles. The standard InChI is InChI=1S/C30H35ClN2O3/c1-4-5-17-32-30(35)27(19-24-11-7-6-8-12-24)33(20-25-13-9-10-14-26(25)31)29(34)21-36-28-18-22(2)15-16-23(28)3/h6-16,18,27H,4-5,17,19-21H2,1-3H3,(H,32,35)/t27-/m1/s1. The predicted molar refractivity (Wildman–Crippen MR) is 145 cm³/mol. The summed E-state index contributed by atoms with van der Waals surface area (Å²) in [6.07, 6.45) is 2.23. The van der Waals surface area contributed by atoms with E-state index in [0.717, 1.165) is 35.1 Å². The Hall–Kier alpha value is -3.31. The van der Waals surface area contributed by atoms with Crippen molar-refractivity contribution in [2.45, 2.75) is 52.6 Å². The van der Waals surface area contributed by atoms with Gasteiger partial charge in [-0.15, -0.1) is 0 Å². The van der Waals surface area contributed by atoms with Gasteiger partial charge in [0.15, 0.2) is 6.61 Å². The smallest absolute Gasteiger partial charge is 0.261 e. The third-order valence-corrected chi connectivity index (χ3v) is 6.46. The molecule has 6 heteroatoms. The first-order valence-electron chi connectivity index (χ1n) is 12.4. The first-order valence-corrected chi connectivity index (χ1v) is 12.8. The van der Waals surface area contributed by atoms with E-state index < -0.39 is 6.04 Å². The summed E-state index contributed by atoms with van der Waals surface area (Å²) in [7, 11) is 0. The number of carbonyl (C=O) groups is 2. The lowest BCUT2D eigenvalue weighted by atomic mass is 10.0. The van der Waals surface area contributed by atoms with Gasteiger partial charge in [0, 0.05) is 24.5 Å². The molecular formula is C30H35ClN2O3. The molecule has 5 nitrogen and oxygen atoms in total. The van der Waals surface area contributed by atoms with Crippen molar-refractivity contribution >= 4 is 23.4 Å². The molecule has 0 bridgehead atoms. The van der Waals surface area contributed by atoms with Crippen molar-refractivity contribution in [3.63, 3.8) is 0 Å². The molecule has 0 radical (unpaired) electrons. The zero-order valence-electron chi connectivity index (χ0n) is 21.3. The highest BCUT2D eigenvalue weighted by molar-refractivity contribution is 6.31. The van der Waals surface area contributed by atoms with Crippen LogP contribution < -0.4 is 10.1 Å². The van der Waals surface area contributed by atoms with Crippen molar-refractivity contribution in [1.82, 2.24) is 10.2 Å². The molecule has 3 aromatic rings. The maximum absolute atomic E-state index is 13.7. The van der Waals surface area contributed by atoms with Crippen LogP contribution in [0.25, 0.3) is 0 Å². The van der Waals surface area contributed by atoms with E-state index in [1.165, 1.54) is 0 Å². The van der Waals surface area contributed by atoms with E-state index in [2.05, 4.69) is 12.2 Å². The summed E-state index contributed by atoms with van der Waals surface area (Å²) in [5, 5.41) is 3.57. The van der Waals surface area contributed by atoms with Crippen LogP contribution in [0.2, 0.25) is 5.02 Å². The molecule has 1 atom stereocenters. The van der Waals surface area contributed by atoms with Gasteiger partial charge in [-0.3, -0.25) is 9.59 Å². The molecular weight excluding hydrogens is 472 g/mol. The zero-order chi connectivity index (χ0) is 25.9. The van der Waals surface area contributed by atoms with E-state index in [9.17, 15) is 9.59 Å². The van der Waals surface area contributed by atoms with Crippen LogP contribution in [0, 0.1) is 13.8 Å². The molecule has 0 heterocycles. The van der Waals surface area contributed by atoms with Gasteiger partial charge in [0.1, 0.15) is 11.8 Å². The average Bonchev–Trinajstić information content (AvgIpc) is 2.88. The summed E-state index contributed by atoms with van der Waals surface area (Å²) < 4.78 is 5.95. The number of nitrogens with one attached hydrogen (secondary N) is 1. The Kier molecular flexibility index (Phi) is 10.4. The highest BCUT2D eigenvalue weighted by atomic mass is 35.5. The molecule has 0 aliphatic carbocycles. The third kappa shape index (κ3) is 7.85. The van der Waals surface area contributed by atoms with E-state index in [4.69, 9.17) is 16.3 Å². The first kappa shape index (κ1) is 27.3. The van der Waals surface area contributed by atoms with Gasteiger partial charge in [0.25, 0.3) is 5.91 Å². The number of nitrogens with zero attached hydrogens (tertiary/aromatic N) is 1. The number of rotatable bonds is 12. The van der Waals surface area contributed by atoms with Crippen LogP contribution >= 0.6 is 11.6 Å². The molecule has 0 saturated heterocycles. The zero-order valence-corrected chi connectivity index (χ0v) is 22.1. The number of aryl methyl sites for hydroxylation is 2. The average molecular weight is 507 g/mol. The van der Waals surface area contributed by atoms with Crippen LogP contribution in [-0.4, -0.2) is 35.9 Å². The van der Waals surface area contributed by atoms with Crippen LogP contribution in [0.4, 0.5) is 0 Å². The number of hydrogen-bond acceptors (Lipinski definition) is 3. The van der Waals surface area contributed by atoms with Crippen LogP contribution in [0.5, 0.6) is 5.75 Å². The van der Waals surface area contributed by atoms with Gasteiger partial charge in [-0.25, -0.2) is 0 Å². The maximum Gasteiger partial charge on any atom is 0.261 e. The first-order chi connectivity index (χ1) is 17.4. The summed E-state index contributed by atoms with van der Waals surface area (Å²) in [6, 6.07) is 22.3. The Labute approximate surface area is 219 Å². The van der Waals surface area contributed by atoms with E-state index in [-0.39, 0.29) is 25.0 Å². The van der Waals surface area contributed by atoms with Gasteiger partial charge < -0.3 is 15.0 Å². The van der Waals surface area contributed by atoms with Crippen molar-refractivity contribution in [3.8, 4) is 5.75 Å². The molecule has 0 fully saturated rings. The third-order valence-electron chi connectivity index (χ3n) is 6.09. The maximum atomic E-state index is 13.7. The Morgan fingerprint density at radius 3 is 2.44 bits per heavy atom.